The van der Waals surface area contributed by atoms with Gasteiger partial charge >= 0.3 is 0 Å². The fourth-order valence-electron chi connectivity index (χ4n) is 3.92. The fraction of sp³-hybridized carbons (Fsp3) is 0.292. The molecule has 3 aromatic heterocycles. The van der Waals surface area contributed by atoms with Crippen LogP contribution in [0.5, 0.6) is 0 Å². The number of carbonyl (C=O) groups is 1. The first-order chi connectivity index (χ1) is 17.7. The Bertz CT molecular complexity index is 1640. The Morgan fingerprint density at radius 1 is 1.22 bits per heavy atom. The van der Waals surface area contributed by atoms with Crippen LogP contribution in [0.15, 0.2) is 35.6 Å². The quantitative estimate of drug-likeness (QED) is 0.177. The summed E-state index contributed by atoms with van der Waals surface area (Å²) in [5.41, 5.74) is 0.0970. The monoisotopic (exact) mass is 544 g/mol. The molecule has 0 atom stereocenters. The highest BCUT2D eigenvalue weighted by atomic mass is 32.2. The van der Waals surface area contributed by atoms with Crippen LogP contribution in [0, 0.1) is 11.6 Å². The zero-order valence-corrected chi connectivity index (χ0v) is 21.5. The minimum absolute atomic E-state index is 0.0709. The van der Waals surface area contributed by atoms with Gasteiger partial charge in [-0.3, -0.25) is 14.6 Å². The molecule has 1 aliphatic carbocycles. The number of sulfonamides is 1. The van der Waals surface area contributed by atoms with Gasteiger partial charge in [-0.25, -0.2) is 32.2 Å². The maximum absolute atomic E-state index is 15.2. The standard InChI is InChI=1S/C24H22F2N6O3S2/c1-3-8-37(34,35)32-20-17(25)7-6-14(18(20)26)21(33)19-15-9-13(10-27-23(15)31-30-19)16-11-28-22(12-4-5-12)29-24(16)36-2/h6-7,9-12,32H,3-5,8H2,1-2H3,(H,27,30,31). The molecule has 1 aromatic carbocycles. The van der Waals surface area contributed by atoms with Crippen molar-refractivity contribution in [3.8, 4) is 11.1 Å². The van der Waals surface area contributed by atoms with Gasteiger partial charge in [-0.15, -0.1) is 11.8 Å². The molecule has 3 heterocycles. The highest BCUT2D eigenvalue weighted by Gasteiger charge is 2.28. The number of nitrogens with one attached hydrogen (secondary N) is 2. The number of aromatic nitrogens is 5. The molecule has 9 nitrogen and oxygen atoms in total. The molecule has 5 rings (SSSR count). The number of carbonyl (C=O) groups excluding carboxylic acids is 1. The zero-order chi connectivity index (χ0) is 26.3. The van der Waals surface area contributed by atoms with Crippen LogP contribution in [0.3, 0.4) is 0 Å². The highest BCUT2D eigenvalue weighted by Crippen LogP contribution is 2.40. The highest BCUT2D eigenvalue weighted by molar-refractivity contribution is 7.98. The van der Waals surface area contributed by atoms with Gasteiger partial charge in [0, 0.05) is 29.4 Å². The first-order valence-corrected chi connectivity index (χ1v) is 14.4. The van der Waals surface area contributed by atoms with Crippen molar-refractivity contribution in [3.05, 3.63) is 59.3 Å². The topological polar surface area (TPSA) is 131 Å². The van der Waals surface area contributed by atoms with Crippen LogP contribution in [0.1, 0.15) is 54.0 Å². The van der Waals surface area contributed by atoms with E-state index in [0.29, 0.717) is 16.9 Å². The Kier molecular flexibility index (Phi) is 6.67. The second kappa shape index (κ2) is 9.78. The summed E-state index contributed by atoms with van der Waals surface area (Å²) in [4.78, 5) is 26.8. The summed E-state index contributed by atoms with van der Waals surface area (Å²) in [7, 11) is -3.99. The minimum atomic E-state index is -3.99. The summed E-state index contributed by atoms with van der Waals surface area (Å²) in [5.74, 6) is -2.41. The Morgan fingerprint density at radius 3 is 2.70 bits per heavy atom. The number of halogens is 2. The van der Waals surface area contributed by atoms with E-state index >= 15 is 4.39 Å². The molecule has 1 saturated carbocycles. The second-order valence-electron chi connectivity index (χ2n) is 8.65. The molecular weight excluding hydrogens is 522 g/mol. The van der Waals surface area contributed by atoms with Crippen molar-refractivity contribution in [2.75, 3.05) is 16.7 Å². The molecule has 37 heavy (non-hydrogen) atoms. The number of aromatic amines is 1. The van der Waals surface area contributed by atoms with Gasteiger partial charge < -0.3 is 0 Å². The molecule has 1 fully saturated rings. The normalized spacial score (nSPS) is 13.7. The number of fused-ring (bicyclic) bond motifs is 1. The summed E-state index contributed by atoms with van der Waals surface area (Å²) < 4.78 is 55.7. The number of rotatable bonds is 9. The number of H-pyrrole nitrogens is 1. The number of ketones is 1. The molecule has 4 aromatic rings. The third-order valence-corrected chi connectivity index (χ3v) is 8.08. The van der Waals surface area contributed by atoms with Crippen molar-refractivity contribution in [2.45, 2.75) is 37.1 Å². The van der Waals surface area contributed by atoms with Crippen molar-refractivity contribution in [1.82, 2.24) is 25.1 Å². The summed E-state index contributed by atoms with van der Waals surface area (Å²) >= 11 is 1.47. The average molecular weight is 545 g/mol. The Balaban J connectivity index is 1.54. The van der Waals surface area contributed by atoms with E-state index in [9.17, 15) is 17.6 Å². The van der Waals surface area contributed by atoms with E-state index in [0.717, 1.165) is 41.4 Å². The number of pyridine rings is 1. The number of nitrogens with zero attached hydrogens (tertiary/aromatic N) is 4. The SMILES string of the molecule is CCCS(=O)(=O)Nc1c(F)ccc(C(=O)c2[nH]nc3ncc(-c4cnc(C5CC5)nc4SC)cc23)c1F. The number of hydrogen-bond acceptors (Lipinski definition) is 8. The third-order valence-electron chi connectivity index (χ3n) is 5.92. The lowest BCUT2D eigenvalue weighted by atomic mass is 10.0. The average Bonchev–Trinajstić information content (AvgIpc) is 3.64. The van der Waals surface area contributed by atoms with Crippen molar-refractivity contribution in [1.29, 1.82) is 0 Å². The van der Waals surface area contributed by atoms with Crippen LogP contribution in [0.25, 0.3) is 22.2 Å². The van der Waals surface area contributed by atoms with Crippen LogP contribution in [0.2, 0.25) is 0 Å². The first-order valence-electron chi connectivity index (χ1n) is 11.5. The largest absolute Gasteiger partial charge is 0.287 e. The minimum Gasteiger partial charge on any atom is -0.287 e. The molecule has 0 bridgehead atoms. The number of hydrogen-bond donors (Lipinski definition) is 2. The fourth-order valence-corrected chi connectivity index (χ4v) is 5.64. The van der Waals surface area contributed by atoms with E-state index in [4.69, 9.17) is 0 Å². The van der Waals surface area contributed by atoms with Gasteiger partial charge in [0.25, 0.3) is 0 Å². The predicted octanol–water partition coefficient (Wildman–Crippen LogP) is 4.68. The van der Waals surface area contributed by atoms with Crippen LogP contribution >= 0.6 is 11.8 Å². The lowest BCUT2D eigenvalue weighted by Gasteiger charge is -2.11. The molecule has 0 aliphatic heterocycles. The van der Waals surface area contributed by atoms with Gasteiger partial charge in [0.15, 0.2) is 11.5 Å². The Labute approximate surface area is 215 Å². The summed E-state index contributed by atoms with van der Waals surface area (Å²) in [5, 5.41) is 7.71. The number of thioether (sulfide) groups is 1. The zero-order valence-electron chi connectivity index (χ0n) is 19.9. The summed E-state index contributed by atoms with van der Waals surface area (Å²) in [6, 6.07) is 3.48. The molecule has 0 saturated heterocycles. The van der Waals surface area contributed by atoms with E-state index < -0.39 is 38.7 Å². The lowest BCUT2D eigenvalue weighted by molar-refractivity contribution is 0.103. The Hall–Kier alpha value is -3.45. The van der Waals surface area contributed by atoms with Gasteiger partial charge in [0.2, 0.25) is 15.8 Å². The van der Waals surface area contributed by atoms with Crippen LogP contribution in [-0.4, -0.2) is 51.4 Å². The molecular formula is C24H22F2N6O3S2. The van der Waals surface area contributed by atoms with Crippen LogP contribution < -0.4 is 4.72 Å². The molecule has 0 amide bonds. The Morgan fingerprint density at radius 2 is 2.00 bits per heavy atom. The number of anilines is 1. The molecule has 0 spiro atoms. The molecule has 2 N–H and O–H groups in total. The molecule has 13 heteroatoms. The molecule has 1 aliphatic rings. The van der Waals surface area contributed by atoms with E-state index in [1.807, 2.05) is 11.0 Å². The molecule has 0 unspecified atom stereocenters. The number of benzene rings is 1. The van der Waals surface area contributed by atoms with Gasteiger partial charge in [0.1, 0.15) is 28.0 Å². The van der Waals surface area contributed by atoms with E-state index in [-0.39, 0.29) is 23.5 Å². The molecule has 192 valence electrons. The van der Waals surface area contributed by atoms with Crippen LogP contribution in [0.4, 0.5) is 14.5 Å². The predicted molar refractivity (Wildman–Crippen MR) is 136 cm³/mol. The van der Waals surface area contributed by atoms with E-state index in [1.165, 1.54) is 11.8 Å². The summed E-state index contributed by atoms with van der Waals surface area (Å²) in [6.45, 7) is 1.62. The van der Waals surface area contributed by atoms with Gasteiger partial charge in [0.05, 0.1) is 16.7 Å². The van der Waals surface area contributed by atoms with Gasteiger partial charge in [-0.1, -0.05) is 6.92 Å². The van der Waals surface area contributed by atoms with Crippen molar-refractivity contribution in [3.63, 3.8) is 0 Å². The third kappa shape index (κ3) is 4.92. The summed E-state index contributed by atoms with van der Waals surface area (Å²) in [6.07, 6.45) is 7.62. The van der Waals surface area contributed by atoms with Crippen LogP contribution in [-0.2, 0) is 10.0 Å². The smallest absolute Gasteiger partial charge is 0.232 e. The van der Waals surface area contributed by atoms with Crippen molar-refractivity contribution in [2.24, 2.45) is 0 Å². The second-order valence-corrected chi connectivity index (χ2v) is 11.3. The molecule has 0 radical (unpaired) electrons. The maximum atomic E-state index is 15.2. The first kappa shape index (κ1) is 25.2. The van der Waals surface area contributed by atoms with Crippen molar-refractivity contribution >= 4 is 44.3 Å². The van der Waals surface area contributed by atoms with E-state index in [2.05, 4.69) is 25.1 Å². The van der Waals surface area contributed by atoms with Gasteiger partial charge in [-0.05, 0) is 43.7 Å². The van der Waals surface area contributed by atoms with Crippen molar-refractivity contribution < 1.29 is 22.0 Å². The van der Waals surface area contributed by atoms with Gasteiger partial charge in [-0.2, -0.15) is 5.10 Å². The lowest BCUT2D eigenvalue weighted by Crippen LogP contribution is -2.19. The van der Waals surface area contributed by atoms with E-state index in [1.54, 1.807) is 25.4 Å². The maximum Gasteiger partial charge on any atom is 0.232 e.